The lowest BCUT2D eigenvalue weighted by atomic mass is 9.70. The van der Waals surface area contributed by atoms with Gasteiger partial charge in [-0.25, -0.2) is 15.0 Å². The molecule has 3 nitrogen and oxygen atoms in total. The molecule has 3 heteroatoms. The van der Waals surface area contributed by atoms with E-state index in [1.54, 1.807) is 0 Å². The summed E-state index contributed by atoms with van der Waals surface area (Å²) >= 11 is 0. The normalized spacial score (nSPS) is 14.3. The van der Waals surface area contributed by atoms with Gasteiger partial charge in [-0.3, -0.25) is 0 Å². The molecule has 0 bridgehead atoms. The molecule has 1 heterocycles. The van der Waals surface area contributed by atoms with E-state index in [2.05, 4.69) is 196 Å². The molecule has 0 aliphatic heterocycles. The summed E-state index contributed by atoms with van der Waals surface area (Å²) in [6, 6.07) is 68.2. The number of hydrogen-bond acceptors (Lipinski definition) is 3. The second kappa shape index (κ2) is 12.1. The predicted molar refractivity (Wildman–Crippen MR) is 235 cm³/mol. The van der Waals surface area contributed by atoms with Crippen molar-refractivity contribution in [2.24, 2.45) is 0 Å². The molecule has 58 heavy (non-hydrogen) atoms. The van der Waals surface area contributed by atoms with Gasteiger partial charge >= 0.3 is 0 Å². The maximum absolute atomic E-state index is 5.34. The first-order valence-corrected chi connectivity index (χ1v) is 20.1. The molecule has 0 atom stereocenters. The minimum atomic E-state index is -0.457. The zero-order chi connectivity index (χ0) is 38.6. The number of nitrogens with zero attached hydrogens (tertiary/aromatic N) is 3. The molecule has 0 radical (unpaired) electrons. The van der Waals surface area contributed by atoms with Crippen LogP contribution in [0, 0.1) is 0 Å². The van der Waals surface area contributed by atoms with Crippen molar-refractivity contribution in [3.8, 4) is 78.7 Å². The second-order valence-electron chi connectivity index (χ2n) is 16.3. The average molecular weight is 740 g/mol. The van der Waals surface area contributed by atoms with Crippen LogP contribution in [0.4, 0.5) is 0 Å². The molecule has 0 N–H and O–H groups in total. The third kappa shape index (κ3) is 4.53. The molecule has 272 valence electrons. The lowest BCUT2D eigenvalue weighted by Crippen LogP contribution is -2.25. The maximum Gasteiger partial charge on any atom is 0.164 e. The summed E-state index contributed by atoms with van der Waals surface area (Å²) in [5, 5.41) is 0. The van der Waals surface area contributed by atoms with Crippen molar-refractivity contribution in [3.63, 3.8) is 0 Å². The first-order chi connectivity index (χ1) is 28.5. The fraction of sp³-hybridized carbons (Fsp3) is 0.0727. The van der Waals surface area contributed by atoms with Gasteiger partial charge in [0.05, 0.1) is 5.41 Å². The number of hydrogen-bond donors (Lipinski definition) is 0. The molecular weight excluding hydrogens is 703 g/mol. The third-order valence-corrected chi connectivity index (χ3v) is 13.0. The van der Waals surface area contributed by atoms with Crippen molar-refractivity contribution >= 4 is 0 Å². The lowest BCUT2D eigenvalue weighted by molar-refractivity contribution is 0.660. The number of fused-ring (bicyclic) bond motifs is 13. The highest BCUT2D eigenvalue weighted by molar-refractivity contribution is 5.96. The van der Waals surface area contributed by atoms with Crippen molar-refractivity contribution < 1.29 is 0 Å². The van der Waals surface area contributed by atoms with Crippen molar-refractivity contribution in [2.45, 2.75) is 24.7 Å². The zero-order valence-electron chi connectivity index (χ0n) is 32.2. The molecule has 1 aromatic heterocycles. The van der Waals surface area contributed by atoms with Crippen LogP contribution < -0.4 is 0 Å². The Morgan fingerprint density at radius 1 is 0.276 bits per heavy atom. The smallest absolute Gasteiger partial charge is 0.164 e. The Bertz CT molecular complexity index is 3080. The number of aromatic nitrogens is 3. The van der Waals surface area contributed by atoms with Crippen LogP contribution in [0.5, 0.6) is 0 Å². The monoisotopic (exact) mass is 739 g/mol. The van der Waals surface area contributed by atoms with Gasteiger partial charge in [-0.2, -0.15) is 0 Å². The highest BCUT2D eigenvalue weighted by Crippen LogP contribution is 2.63. The Kier molecular flexibility index (Phi) is 6.90. The fourth-order valence-corrected chi connectivity index (χ4v) is 10.3. The Morgan fingerprint density at radius 2 is 0.621 bits per heavy atom. The van der Waals surface area contributed by atoms with E-state index in [9.17, 15) is 0 Å². The minimum absolute atomic E-state index is 0.148. The number of rotatable bonds is 4. The Labute approximate surface area is 338 Å². The van der Waals surface area contributed by atoms with Gasteiger partial charge in [0.1, 0.15) is 0 Å². The van der Waals surface area contributed by atoms with Crippen LogP contribution in [0.2, 0.25) is 0 Å². The Hall–Kier alpha value is -7.23. The van der Waals surface area contributed by atoms with Crippen LogP contribution in [-0.4, -0.2) is 15.0 Å². The van der Waals surface area contributed by atoms with Gasteiger partial charge < -0.3 is 0 Å². The summed E-state index contributed by atoms with van der Waals surface area (Å²) in [6.07, 6.45) is 0. The summed E-state index contributed by atoms with van der Waals surface area (Å²) in [4.78, 5) is 15.9. The van der Waals surface area contributed by atoms with E-state index in [0.717, 1.165) is 22.3 Å². The molecule has 8 aromatic carbocycles. The summed E-state index contributed by atoms with van der Waals surface area (Å²) in [6.45, 7) is 4.63. The van der Waals surface area contributed by atoms with Crippen molar-refractivity contribution in [2.75, 3.05) is 0 Å². The van der Waals surface area contributed by atoms with Gasteiger partial charge in [0, 0.05) is 22.1 Å². The zero-order valence-corrected chi connectivity index (χ0v) is 32.2. The number of benzene rings is 8. The van der Waals surface area contributed by atoms with Crippen LogP contribution in [0.3, 0.4) is 0 Å². The van der Waals surface area contributed by atoms with E-state index in [-0.39, 0.29) is 5.41 Å². The predicted octanol–water partition coefficient (Wildman–Crippen LogP) is 13.2. The van der Waals surface area contributed by atoms with Gasteiger partial charge in [-0.1, -0.05) is 190 Å². The summed E-state index contributed by atoms with van der Waals surface area (Å²) < 4.78 is 0. The van der Waals surface area contributed by atoms with Crippen LogP contribution >= 0.6 is 0 Å². The topological polar surface area (TPSA) is 38.7 Å². The van der Waals surface area contributed by atoms with Crippen LogP contribution in [-0.2, 0) is 10.8 Å². The van der Waals surface area contributed by atoms with Gasteiger partial charge in [-0.05, 0) is 90.0 Å². The minimum Gasteiger partial charge on any atom is -0.208 e. The molecule has 0 saturated carbocycles. The Morgan fingerprint density at radius 3 is 1.16 bits per heavy atom. The van der Waals surface area contributed by atoms with Gasteiger partial charge in [0.25, 0.3) is 0 Å². The van der Waals surface area contributed by atoms with Crippen LogP contribution in [0.15, 0.2) is 188 Å². The highest BCUT2D eigenvalue weighted by Gasteiger charge is 2.51. The molecule has 3 aliphatic carbocycles. The first kappa shape index (κ1) is 33.0. The summed E-state index contributed by atoms with van der Waals surface area (Å²) in [5.41, 5.74) is 20.1. The Balaban J connectivity index is 1.07. The van der Waals surface area contributed by atoms with Crippen molar-refractivity contribution in [1.82, 2.24) is 15.0 Å². The van der Waals surface area contributed by atoms with E-state index >= 15 is 0 Å². The largest absolute Gasteiger partial charge is 0.208 e. The van der Waals surface area contributed by atoms with E-state index in [4.69, 9.17) is 15.0 Å². The molecular formula is C55H37N3. The molecule has 0 unspecified atom stereocenters. The quantitative estimate of drug-likeness (QED) is 0.180. The molecule has 0 saturated heterocycles. The summed E-state index contributed by atoms with van der Waals surface area (Å²) in [5.74, 6) is 1.97. The SMILES string of the molecule is CC1(C)c2ccccc2-c2ccc(-c3nc(-c4ccc(-c5ccccc5)cc4)nc(-c4ccc5c(c4)C4(c6ccccc6-c6ccccc64)c4ccccc4-5)n3)cc21. The standard InChI is InChI=1S/C55H37N3/c1-54(2)45-20-10-6-16-39(45)43-30-28-37(32-49(43)54)52-56-51(36-26-24-35(25-27-36)34-14-4-3-5-15-34)57-53(58-52)38-29-31-44-42-19-9-13-23-48(42)55(50(44)33-38)46-21-11-7-17-40(46)41-18-8-12-22-47(41)55/h3-33H,1-2H3. The van der Waals surface area contributed by atoms with Crippen molar-refractivity contribution in [1.29, 1.82) is 0 Å². The van der Waals surface area contributed by atoms with Crippen molar-refractivity contribution in [3.05, 3.63) is 221 Å². The van der Waals surface area contributed by atoms with Gasteiger partial charge in [0.2, 0.25) is 0 Å². The first-order valence-electron chi connectivity index (χ1n) is 20.1. The van der Waals surface area contributed by atoms with Crippen LogP contribution in [0.25, 0.3) is 78.7 Å². The second-order valence-corrected chi connectivity index (χ2v) is 16.3. The molecule has 1 spiro atoms. The van der Waals surface area contributed by atoms with E-state index in [1.165, 1.54) is 72.3 Å². The lowest BCUT2D eigenvalue weighted by Gasteiger charge is -2.30. The molecule has 0 fully saturated rings. The molecule has 9 aromatic rings. The summed E-state index contributed by atoms with van der Waals surface area (Å²) in [7, 11) is 0. The highest BCUT2D eigenvalue weighted by atomic mass is 15.0. The maximum atomic E-state index is 5.34. The van der Waals surface area contributed by atoms with Crippen LogP contribution in [0.1, 0.15) is 47.2 Å². The third-order valence-electron chi connectivity index (χ3n) is 13.0. The molecule has 0 amide bonds. The molecule has 12 rings (SSSR count). The average Bonchev–Trinajstić information content (AvgIpc) is 3.85. The molecule has 3 aliphatic rings. The fourth-order valence-electron chi connectivity index (χ4n) is 10.3. The van der Waals surface area contributed by atoms with E-state index in [0.29, 0.717) is 17.5 Å². The van der Waals surface area contributed by atoms with E-state index < -0.39 is 5.41 Å². The van der Waals surface area contributed by atoms with Gasteiger partial charge in [-0.15, -0.1) is 0 Å². The van der Waals surface area contributed by atoms with E-state index in [1.807, 2.05) is 6.07 Å². The van der Waals surface area contributed by atoms with Gasteiger partial charge in [0.15, 0.2) is 17.5 Å².